The van der Waals surface area contributed by atoms with Crippen LogP contribution in [0.2, 0.25) is 0 Å². The quantitative estimate of drug-likeness (QED) is 0.518. The van der Waals surface area contributed by atoms with Gasteiger partial charge in [-0.15, -0.1) is 0 Å². The summed E-state index contributed by atoms with van der Waals surface area (Å²) >= 11 is 0. The zero-order chi connectivity index (χ0) is 27.1. The first-order valence-corrected chi connectivity index (χ1v) is 14.5. The van der Waals surface area contributed by atoms with E-state index < -0.39 is 29.6 Å². The second-order valence-electron chi connectivity index (χ2n) is 11.9. The maximum Gasteiger partial charge on any atom is 0.246 e. The number of morpholine rings is 1. The van der Waals surface area contributed by atoms with Crippen LogP contribution in [0.5, 0.6) is 0 Å². The van der Waals surface area contributed by atoms with Gasteiger partial charge in [-0.25, -0.2) is 0 Å². The molecule has 4 fully saturated rings. The predicted molar refractivity (Wildman–Crippen MR) is 146 cm³/mol. The van der Waals surface area contributed by atoms with Gasteiger partial charge >= 0.3 is 0 Å². The summed E-state index contributed by atoms with van der Waals surface area (Å²) in [6.07, 6.45) is 7.53. The second-order valence-corrected chi connectivity index (χ2v) is 11.9. The summed E-state index contributed by atoms with van der Waals surface area (Å²) in [6.45, 7) is 8.14. The second kappa shape index (κ2) is 10.7. The lowest BCUT2D eigenvalue weighted by Crippen LogP contribution is -2.58. The summed E-state index contributed by atoms with van der Waals surface area (Å²) in [5, 5.41) is 6.31. The number of hydrogen-bond donors (Lipinski definition) is 2. The van der Waals surface area contributed by atoms with Crippen LogP contribution in [0.4, 0.5) is 5.69 Å². The maximum absolute atomic E-state index is 14.1. The zero-order valence-electron chi connectivity index (χ0n) is 22.9. The van der Waals surface area contributed by atoms with Gasteiger partial charge in [-0.3, -0.25) is 19.3 Å². The molecule has 5 unspecified atom stereocenters. The first kappa shape index (κ1) is 26.5. The smallest absolute Gasteiger partial charge is 0.246 e. The number of aryl methyl sites for hydroxylation is 1. The van der Waals surface area contributed by atoms with Gasteiger partial charge in [-0.2, -0.15) is 0 Å². The molecule has 1 aromatic carbocycles. The number of ether oxygens (including phenoxy) is 2. The lowest BCUT2D eigenvalue weighted by atomic mass is 9.74. The van der Waals surface area contributed by atoms with E-state index in [1.807, 2.05) is 43.3 Å². The molecule has 6 rings (SSSR count). The Kier molecular flexibility index (Phi) is 7.24. The molecule has 1 saturated carbocycles. The first-order chi connectivity index (χ1) is 18.9. The summed E-state index contributed by atoms with van der Waals surface area (Å²) < 4.78 is 12.0. The van der Waals surface area contributed by atoms with Crippen LogP contribution in [-0.2, 0) is 23.9 Å². The van der Waals surface area contributed by atoms with Gasteiger partial charge in [-0.1, -0.05) is 44.1 Å². The van der Waals surface area contributed by atoms with Crippen molar-refractivity contribution < 1.29 is 23.9 Å². The van der Waals surface area contributed by atoms with E-state index in [2.05, 4.69) is 22.5 Å². The molecule has 0 radical (unpaired) electrons. The standard InChI is InChI=1S/C30H40N4O5/c1-19-6-5-8-21(18-19)31-27(35)24-23-10-11-30(39-23)25(24)29(37)34(13-12-33-14-16-38-17-15-33)26(30)28(36)32-22-9-4-3-7-20(22)2/h5-6,8,10-11,18,20,22-26H,3-4,7,9,12-17H2,1-2H3,(H,31,35)(H,32,36)/t20?,22?,23-,24?,25-,26?,30?/m0/s1. The largest absolute Gasteiger partial charge is 0.379 e. The number of nitrogens with one attached hydrogen (secondary N) is 2. The fourth-order valence-electron chi connectivity index (χ4n) is 7.32. The maximum atomic E-state index is 14.1. The summed E-state index contributed by atoms with van der Waals surface area (Å²) in [6, 6.07) is 6.90. The SMILES string of the molecule is Cc1cccc(NC(=O)C2[C@@H]3C=CC4(O3)C(C(=O)NC3CCCCC3C)N(CCN3CCOCC3)C(=O)[C@H]24)c1. The molecule has 1 aromatic rings. The Balaban J connectivity index is 1.27. The highest BCUT2D eigenvalue weighted by Gasteiger charge is 2.72. The van der Waals surface area contributed by atoms with Crippen LogP contribution in [0.3, 0.4) is 0 Å². The van der Waals surface area contributed by atoms with Crippen LogP contribution in [-0.4, -0.2) is 90.7 Å². The number of rotatable bonds is 7. The molecule has 5 aliphatic rings. The van der Waals surface area contributed by atoms with Crippen molar-refractivity contribution in [2.75, 3.05) is 44.7 Å². The van der Waals surface area contributed by atoms with Crippen LogP contribution < -0.4 is 10.6 Å². The minimum Gasteiger partial charge on any atom is -0.379 e. The van der Waals surface area contributed by atoms with Gasteiger partial charge in [0.2, 0.25) is 17.7 Å². The molecule has 210 valence electrons. The van der Waals surface area contributed by atoms with E-state index in [9.17, 15) is 14.4 Å². The molecule has 4 heterocycles. The minimum absolute atomic E-state index is 0.0842. The Hall–Kier alpha value is -2.75. The number of amides is 3. The molecular formula is C30H40N4O5. The van der Waals surface area contributed by atoms with Crippen LogP contribution in [0.15, 0.2) is 36.4 Å². The van der Waals surface area contributed by atoms with Crippen molar-refractivity contribution in [3.63, 3.8) is 0 Å². The highest BCUT2D eigenvalue weighted by Crippen LogP contribution is 2.55. The Morgan fingerprint density at radius 3 is 2.67 bits per heavy atom. The van der Waals surface area contributed by atoms with Crippen molar-refractivity contribution >= 4 is 23.4 Å². The Bertz CT molecular complexity index is 1150. The van der Waals surface area contributed by atoms with Crippen molar-refractivity contribution in [1.82, 2.24) is 15.1 Å². The van der Waals surface area contributed by atoms with Crippen LogP contribution >= 0.6 is 0 Å². The van der Waals surface area contributed by atoms with Crippen molar-refractivity contribution in [1.29, 1.82) is 0 Å². The van der Waals surface area contributed by atoms with Crippen LogP contribution in [0.25, 0.3) is 0 Å². The van der Waals surface area contributed by atoms with E-state index in [0.717, 1.165) is 37.9 Å². The molecule has 7 atom stereocenters. The van der Waals surface area contributed by atoms with Gasteiger partial charge < -0.3 is 25.0 Å². The molecule has 1 spiro atoms. The highest BCUT2D eigenvalue weighted by molar-refractivity contribution is 6.02. The normalized spacial score (nSPS) is 35.7. The number of likely N-dealkylation sites (tertiary alicyclic amines) is 1. The number of fused-ring (bicyclic) bond motifs is 1. The number of carbonyl (C=O) groups is 3. The monoisotopic (exact) mass is 536 g/mol. The van der Waals surface area contributed by atoms with Gasteiger partial charge in [0.1, 0.15) is 11.6 Å². The molecule has 9 heteroatoms. The predicted octanol–water partition coefficient (Wildman–Crippen LogP) is 2.11. The molecule has 2 N–H and O–H groups in total. The topological polar surface area (TPSA) is 100 Å². The van der Waals surface area contributed by atoms with Crippen molar-refractivity contribution in [3.8, 4) is 0 Å². The molecule has 0 aromatic heterocycles. The Labute approximate surface area is 230 Å². The van der Waals surface area contributed by atoms with Gasteiger partial charge in [-0.05, 0) is 43.4 Å². The first-order valence-electron chi connectivity index (χ1n) is 14.5. The van der Waals surface area contributed by atoms with Crippen LogP contribution in [0.1, 0.15) is 38.2 Å². The molecule has 3 saturated heterocycles. The van der Waals surface area contributed by atoms with Crippen molar-refractivity contribution in [2.24, 2.45) is 17.8 Å². The van der Waals surface area contributed by atoms with E-state index in [4.69, 9.17) is 9.47 Å². The molecule has 3 amide bonds. The van der Waals surface area contributed by atoms with Gasteiger partial charge in [0.05, 0.1) is 31.2 Å². The third-order valence-electron chi connectivity index (χ3n) is 9.41. The molecule has 39 heavy (non-hydrogen) atoms. The summed E-state index contributed by atoms with van der Waals surface area (Å²) in [5.74, 6) is -1.63. The molecule has 4 aliphatic heterocycles. The van der Waals surface area contributed by atoms with E-state index >= 15 is 0 Å². The highest BCUT2D eigenvalue weighted by atomic mass is 16.5. The van der Waals surface area contributed by atoms with Gasteiger partial charge in [0.15, 0.2) is 0 Å². The van der Waals surface area contributed by atoms with E-state index in [-0.39, 0.29) is 23.8 Å². The number of anilines is 1. The number of carbonyl (C=O) groups excluding carboxylic acids is 3. The number of benzene rings is 1. The molecule has 1 aliphatic carbocycles. The fourth-order valence-corrected chi connectivity index (χ4v) is 7.32. The molecule has 9 nitrogen and oxygen atoms in total. The van der Waals surface area contributed by atoms with E-state index in [1.165, 1.54) is 6.42 Å². The third-order valence-corrected chi connectivity index (χ3v) is 9.41. The lowest BCUT2D eigenvalue weighted by Gasteiger charge is -2.36. The summed E-state index contributed by atoms with van der Waals surface area (Å²) in [4.78, 5) is 45.8. The Morgan fingerprint density at radius 2 is 1.90 bits per heavy atom. The fraction of sp³-hybridized carbons (Fsp3) is 0.633. The average molecular weight is 537 g/mol. The van der Waals surface area contributed by atoms with Crippen LogP contribution in [0, 0.1) is 24.7 Å². The van der Waals surface area contributed by atoms with Gasteiger partial charge in [0.25, 0.3) is 0 Å². The molecule has 2 bridgehead atoms. The lowest BCUT2D eigenvalue weighted by molar-refractivity contribution is -0.142. The van der Waals surface area contributed by atoms with Gasteiger partial charge in [0, 0.05) is 37.9 Å². The van der Waals surface area contributed by atoms with Crippen molar-refractivity contribution in [3.05, 3.63) is 42.0 Å². The zero-order valence-corrected chi connectivity index (χ0v) is 22.9. The van der Waals surface area contributed by atoms with E-state index in [1.54, 1.807) is 4.90 Å². The summed E-state index contributed by atoms with van der Waals surface area (Å²) in [7, 11) is 0. The Morgan fingerprint density at radius 1 is 1.10 bits per heavy atom. The number of nitrogens with zero attached hydrogens (tertiary/aromatic N) is 2. The average Bonchev–Trinajstić information content (AvgIpc) is 3.56. The van der Waals surface area contributed by atoms with E-state index in [0.29, 0.717) is 37.9 Å². The third kappa shape index (κ3) is 4.78. The summed E-state index contributed by atoms with van der Waals surface area (Å²) in [5.41, 5.74) is 0.591. The number of hydrogen-bond acceptors (Lipinski definition) is 6. The van der Waals surface area contributed by atoms with Crippen molar-refractivity contribution in [2.45, 2.75) is 63.3 Å². The minimum atomic E-state index is -1.14. The molecular weight excluding hydrogens is 496 g/mol.